The van der Waals surface area contributed by atoms with E-state index in [0.29, 0.717) is 22.3 Å². The van der Waals surface area contributed by atoms with E-state index in [1.54, 1.807) is 121 Å². The summed E-state index contributed by atoms with van der Waals surface area (Å²) >= 11 is 0. The molecule has 8 aromatic carbocycles. The van der Waals surface area contributed by atoms with Crippen molar-refractivity contribution in [3.63, 3.8) is 0 Å². The van der Waals surface area contributed by atoms with Gasteiger partial charge < -0.3 is 35.5 Å². The average molecular weight is 890 g/mol. The van der Waals surface area contributed by atoms with Gasteiger partial charge in [0.15, 0.2) is 0 Å². The first-order valence-electron chi connectivity index (χ1n) is 19.7. The summed E-state index contributed by atoms with van der Waals surface area (Å²) in [7, 11) is -4.07. The Hall–Kier alpha value is -7.99. The predicted molar refractivity (Wildman–Crippen MR) is 257 cm³/mol. The van der Waals surface area contributed by atoms with Gasteiger partial charge in [0.2, 0.25) is 0 Å². The van der Waals surface area contributed by atoms with Crippen LogP contribution in [0.4, 0.5) is 0 Å². The van der Waals surface area contributed by atoms with Crippen LogP contribution in [0.3, 0.4) is 0 Å². The molecular weight excluding hydrogens is 842 g/mol. The van der Waals surface area contributed by atoms with E-state index in [9.17, 15) is 19.2 Å². The molecule has 8 rings (SSSR count). The maximum Gasteiger partial charge on any atom is 0.631 e. The standard InChI is InChI=1S/C24H20P.4C7H6O2.BH3O3/c1-5-13-21(14-6-1)25(22-15-7-2-8-16-22,23-17-9-3-10-18-23)24-19-11-4-12-20-24;4*8-7(9)6-4-2-1-3-5-6;2-1(3)4/h1-20H;4*1-5H,(H,8,9);2-4H/q+1;;;;;. The lowest BCUT2D eigenvalue weighted by atomic mass is 10.2. The molecule has 13 heteroatoms. The van der Waals surface area contributed by atoms with Crippen molar-refractivity contribution in [2.45, 2.75) is 0 Å². The Morgan fingerprint density at radius 1 is 0.262 bits per heavy atom. The first kappa shape index (κ1) is 51.4. The molecule has 65 heavy (non-hydrogen) atoms. The van der Waals surface area contributed by atoms with E-state index in [4.69, 9.17) is 35.5 Å². The second-order valence-corrected chi connectivity index (χ2v) is 16.5. The molecule has 0 aliphatic rings. The molecule has 0 saturated carbocycles. The number of carboxylic acids is 4. The summed E-state index contributed by atoms with van der Waals surface area (Å²) in [5.74, 6) is -3.52. The van der Waals surface area contributed by atoms with Crippen molar-refractivity contribution >= 4 is 59.7 Å². The van der Waals surface area contributed by atoms with Crippen LogP contribution in [0.15, 0.2) is 243 Å². The van der Waals surface area contributed by atoms with Gasteiger partial charge in [-0.15, -0.1) is 0 Å². The third-order valence-corrected chi connectivity index (χ3v) is 12.9. The van der Waals surface area contributed by atoms with Crippen LogP contribution >= 0.6 is 7.26 Å². The highest BCUT2D eigenvalue weighted by Gasteiger charge is 2.47. The molecule has 0 unspecified atom stereocenters. The van der Waals surface area contributed by atoms with Crippen LogP contribution in [0, 0.1) is 0 Å². The van der Waals surface area contributed by atoms with Crippen molar-refractivity contribution in [2.75, 3.05) is 0 Å². The van der Waals surface area contributed by atoms with Crippen molar-refractivity contribution in [3.05, 3.63) is 265 Å². The molecule has 8 aromatic rings. The largest absolute Gasteiger partial charge is 0.631 e. The van der Waals surface area contributed by atoms with Crippen molar-refractivity contribution in [1.82, 2.24) is 0 Å². The maximum absolute atomic E-state index is 10.2. The van der Waals surface area contributed by atoms with Gasteiger partial charge in [0, 0.05) is 0 Å². The zero-order valence-corrected chi connectivity index (χ0v) is 35.8. The van der Waals surface area contributed by atoms with E-state index in [1.165, 1.54) is 21.2 Å². The second-order valence-electron chi connectivity index (χ2n) is 13.0. The summed E-state index contributed by atoms with van der Waals surface area (Å²) in [6.07, 6.45) is 0. The number of benzene rings is 8. The van der Waals surface area contributed by atoms with Crippen LogP contribution in [0.2, 0.25) is 0 Å². The Kier molecular flexibility index (Phi) is 22.6. The molecule has 0 radical (unpaired) electrons. The molecule has 0 bridgehead atoms. The summed E-state index contributed by atoms with van der Waals surface area (Å²) in [6, 6.07) is 77.0. The first-order valence-corrected chi connectivity index (χ1v) is 21.5. The molecule has 0 atom stereocenters. The normalized spacial score (nSPS) is 9.65. The molecule has 11 nitrogen and oxygen atoms in total. The molecule has 0 aliphatic carbocycles. The number of aromatic carboxylic acids is 4. The van der Waals surface area contributed by atoms with E-state index in [-0.39, 0.29) is 0 Å². The van der Waals surface area contributed by atoms with Gasteiger partial charge in [-0.05, 0) is 97.1 Å². The lowest BCUT2D eigenvalue weighted by Crippen LogP contribution is -2.38. The summed E-state index contributed by atoms with van der Waals surface area (Å²) in [4.78, 5) is 40.8. The fourth-order valence-corrected chi connectivity index (χ4v) is 10.1. The van der Waals surface area contributed by atoms with Crippen molar-refractivity contribution in [1.29, 1.82) is 0 Å². The number of hydrogen-bond donors (Lipinski definition) is 7. The van der Waals surface area contributed by atoms with Gasteiger partial charge in [0.25, 0.3) is 0 Å². The summed E-state index contributed by atoms with van der Waals surface area (Å²) in [6.45, 7) is 0. The molecule has 328 valence electrons. The molecule has 7 N–H and O–H groups in total. The average Bonchev–Trinajstić information content (AvgIpc) is 3.35. The lowest BCUT2D eigenvalue weighted by molar-refractivity contribution is 0.0686. The minimum Gasteiger partial charge on any atom is -0.478 e. The third-order valence-electron chi connectivity index (χ3n) is 8.66. The van der Waals surface area contributed by atoms with E-state index in [0.717, 1.165) is 0 Å². The zero-order valence-electron chi connectivity index (χ0n) is 34.9. The second kappa shape index (κ2) is 28.6. The van der Waals surface area contributed by atoms with E-state index in [2.05, 4.69) is 121 Å². The molecule has 0 aromatic heterocycles. The minimum absolute atomic E-state index is 0.331. The van der Waals surface area contributed by atoms with Gasteiger partial charge in [-0.25, -0.2) is 19.2 Å². The summed E-state index contributed by atoms with van der Waals surface area (Å²) in [5, 5.41) is 60.6. The minimum atomic E-state index is -2.17. The monoisotopic (exact) mass is 889 g/mol. The summed E-state index contributed by atoms with van der Waals surface area (Å²) in [5.41, 5.74) is 1.32. The van der Waals surface area contributed by atoms with Crippen molar-refractivity contribution < 1.29 is 54.7 Å². The van der Waals surface area contributed by atoms with Crippen LogP contribution < -0.4 is 21.2 Å². The van der Waals surface area contributed by atoms with E-state index >= 15 is 0 Å². The number of carbonyl (C=O) groups is 4. The highest BCUT2D eigenvalue weighted by Crippen LogP contribution is 2.54. The molecule has 0 saturated heterocycles. The van der Waals surface area contributed by atoms with Crippen molar-refractivity contribution in [2.24, 2.45) is 0 Å². The van der Waals surface area contributed by atoms with Crippen LogP contribution in [0.25, 0.3) is 0 Å². The smallest absolute Gasteiger partial charge is 0.478 e. The first-order chi connectivity index (χ1) is 31.4. The zero-order chi connectivity index (χ0) is 47.3. The van der Waals surface area contributed by atoms with Crippen molar-refractivity contribution in [3.8, 4) is 0 Å². The van der Waals surface area contributed by atoms with Gasteiger partial charge in [0.1, 0.15) is 28.5 Å². The molecule has 0 amide bonds. The van der Waals surface area contributed by atoms with Crippen LogP contribution in [0.5, 0.6) is 0 Å². The van der Waals surface area contributed by atoms with E-state index < -0.39 is 38.5 Å². The Bertz CT molecular complexity index is 2190. The molecule has 0 heterocycles. The SMILES string of the molecule is O=C(O)c1ccccc1.O=C(O)c1ccccc1.O=C(O)c1ccccc1.O=C(O)c1ccccc1.OB(O)O.c1ccc([P+](c2ccccc2)(c2ccccc2)c2ccccc2)cc1. The van der Waals surface area contributed by atoms with Gasteiger partial charge in [0.05, 0.1) is 22.3 Å². The van der Waals surface area contributed by atoms with Crippen LogP contribution in [-0.4, -0.2) is 66.7 Å². The highest BCUT2D eigenvalue weighted by atomic mass is 31.2. The number of rotatable bonds is 8. The molecule has 0 fully saturated rings. The van der Waals surface area contributed by atoms with Gasteiger partial charge in [-0.3, -0.25) is 0 Å². The Morgan fingerprint density at radius 2 is 0.385 bits per heavy atom. The predicted octanol–water partition coefficient (Wildman–Crippen LogP) is 7.79. The Labute approximate surface area is 378 Å². The quantitative estimate of drug-likeness (QED) is 0.0578. The number of carboxylic acid groups (broad SMARTS) is 4. The van der Waals surface area contributed by atoms with E-state index in [1.807, 2.05) is 0 Å². The summed E-state index contributed by atoms with van der Waals surface area (Å²) < 4.78 is 0. The van der Waals surface area contributed by atoms with Gasteiger partial charge >= 0.3 is 31.2 Å². The maximum atomic E-state index is 10.2. The topological polar surface area (TPSA) is 210 Å². The highest BCUT2D eigenvalue weighted by molar-refractivity contribution is 8.01. The fourth-order valence-electron chi connectivity index (χ4n) is 5.82. The molecule has 0 spiro atoms. The number of hydrogen-bond acceptors (Lipinski definition) is 7. The molecular formula is C52H47BO11P+. The third kappa shape index (κ3) is 17.7. The Balaban J connectivity index is 0.000000233. The van der Waals surface area contributed by atoms with Crippen LogP contribution in [-0.2, 0) is 0 Å². The van der Waals surface area contributed by atoms with Gasteiger partial charge in [-0.2, -0.15) is 0 Å². The molecule has 0 aliphatic heterocycles. The lowest BCUT2D eigenvalue weighted by Gasteiger charge is -2.27. The van der Waals surface area contributed by atoms with Crippen LogP contribution in [0.1, 0.15) is 41.4 Å². The Morgan fingerprint density at radius 3 is 0.492 bits per heavy atom. The fraction of sp³-hybridized carbons (Fsp3) is 0. The van der Waals surface area contributed by atoms with Gasteiger partial charge in [-0.1, -0.05) is 146 Å².